The first-order chi connectivity index (χ1) is 9.46. The van der Waals surface area contributed by atoms with Crippen LogP contribution in [0, 0.1) is 6.92 Å². The van der Waals surface area contributed by atoms with E-state index in [1.54, 1.807) is 6.07 Å². The molecule has 1 fully saturated rings. The van der Waals surface area contributed by atoms with E-state index in [0.29, 0.717) is 13.1 Å². The van der Waals surface area contributed by atoms with Crippen LogP contribution in [0.2, 0.25) is 0 Å². The Balaban J connectivity index is 2.01. The molecule has 1 aromatic carbocycles. The number of nitrogens with one attached hydrogen (secondary N) is 1. The molecule has 1 aromatic rings. The third kappa shape index (κ3) is 4.09. The van der Waals surface area contributed by atoms with Crippen molar-refractivity contribution in [1.29, 1.82) is 0 Å². The molecule has 1 heterocycles. The molecule has 2 rings (SSSR count). The van der Waals surface area contributed by atoms with Crippen molar-refractivity contribution in [3.8, 4) is 0 Å². The number of carbonyl (C=O) groups excluding carboxylic acids is 1. The summed E-state index contributed by atoms with van der Waals surface area (Å²) in [6.07, 6.45) is 3.33. The number of rotatable bonds is 3. The summed E-state index contributed by atoms with van der Waals surface area (Å²) in [5, 5.41) is 1.02. The summed E-state index contributed by atoms with van der Waals surface area (Å²) in [4.78, 5) is 13.2. The number of urea groups is 1. The number of hydrogen-bond acceptors (Lipinski definition) is 3. The van der Waals surface area contributed by atoms with E-state index in [9.17, 15) is 13.2 Å². The van der Waals surface area contributed by atoms with Gasteiger partial charge in [-0.2, -0.15) is 0 Å². The summed E-state index contributed by atoms with van der Waals surface area (Å²) in [5.74, 6) is 0. The Morgan fingerprint density at radius 2 is 2.00 bits per heavy atom. The highest BCUT2D eigenvalue weighted by Crippen LogP contribution is 2.09. The molecule has 20 heavy (non-hydrogen) atoms. The predicted octanol–water partition coefficient (Wildman–Crippen LogP) is 2.10. The topological polar surface area (TPSA) is 66.5 Å². The van der Waals surface area contributed by atoms with Crippen LogP contribution in [0.25, 0.3) is 6.08 Å². The van der Waals surface area contributed by atoms with Gasteiger partial charge in [0.1, 0.15) is 0 Å². The van der Waals surface area contributed by atoms with Gasteiger partial charge in [0.2, 0.25) is 0 Å². The van der Waals surface area contributed by atoms with Crippen LogP contribution in [-0.2, 0) is 10.0 Å². The summed E-state index contributed by atoms with van der Waals surface area (Å²) in [7, 11) is -3.75. The van der Waals surface area contributed by atoms with Gasteiger partial charge in [0.25, 0.3) is 10.0 Å². The van der Waals surface area contributed by atoms with Crippen LogP contribution in [0.3, 0.4) is 0 Å². The molecule has 0 radical (unpaired) electrons. The van der Waals surface area contributed by atoms with Crippen LogP contribution in [-0.4, -0.2) is 32.4 Å². The molecule has 0 aromatic heterocycles. The molecule has 1 aliphatic heterocycles. The number of nitrogens with zero attached hydrogens (tertiary/aromatic N) is 1. The van der Waals surface area contributed by atoms with Gasteiger partial charge in [0.15, 0.2) is 0 Å². The molecule has 108 valence electrons. The molecule has 0 spiro atoms. The molecular weight excluding hydrogens is 276 g/mol. The van der Waals surface area contributed by atoms with Crippen LogP contribution in [0.15, 0.2) is 29.7 Å². The minimum Gasteiger partial charge on any atom is -0.324 e. The number of sulfonamides is 1. The standard InChI is InChI=1S/C14H18N2O3S/c1-12-5-4-6-13(11-12)7-10-20(18,19)15-14(17)16-8-2-3-9-16/h4-7,10-11H,2-3,8-9H2,1H3,(H,15,17). The van der Waals surface area contributed by atoms with Gasteiger partial charge in [0.05, 0.1) is 5.41 Å². The number of likely N-dealkylation sites (tertiary alicyclic amines) is 1. The lowest BCUT2D eigenvalue weighted by Crippen LogP contribution is -2.40. The van der Waals surface area contributed by atoms with Gasteiger partial charge in [-0.25, -0.2) is 17.9 Å². The van der Waals surface area contributed by atoms with Crippen molar-refractivity contribution >= 4 is 22.1 Å². The molecule has 0 atom stereocenters. The zero-order valence-electron chi connectivity index (χ0n) is 11.4. The van der Waals surface area contributed by atoms with Gasteiger partial charge in [0, 0.05) is 13.1 Å². The zero-order chi connectivity index (χ0) is 14.6. The second-order valence-corrected chi connectivity index (χ2v) is 6.43. The highest BCUT2D eigenvalue weighted by atomic mass is 32.2. The smallest absolute Gasteiger partial charge is 0.324 e. The van der Waals surface area contributed by atoms with Gasteiger partial charge in [-0.3, -0.25) is 0 Å². The Morgan fingerprint density at radius 1 is 1.30 bits per heavy atom. The minimum absolute atomic E-state index is 0.545. The lowest BCUT2D eigenvalue weighted by molar-refractivity contribution is 0.215. The average Bonchev–Trinajstić information content (AvgIpc) is 2.90. The molecule has 0 aliphatic carbocycles. The Labute approximate surface area is 119 Å². The number of hydrogen-bond donors (Lipinski definition) is 1. The third-order valence-electron chi connectivity index (χ3n) is 3.10. The number of aryl methyl sites for hydroxylation is 1. The fraction of sp³-hybridized carbons (Fsp3) is 0.357. The fourth-order valence-corrected chi connectivity index (χ4v) is 2.86. The van der Waals surface area contributed by atoms with Crippen LogP contribution in [0.1, 0.15) is 24.0 Å². The van der Waals surface area contributed by atoms with E-state index in [1.807, 2.05) is 25.1 Å². The first-order valence-corrected chi connectivity index (χ1v) is 8.07. The second kappa shape index (κ2) is 6.09. The molecule has 1 aliphatic rings. The van der Waals surface area contributed by atoms with Crippen molar-refractivity contribution in [2.45, 2.75) is 19.8 Å². The summed E-state index contributed by atoms with van der Waals surface area (Å²) in [6.45, 7) is 3.16. The second-order valence-electron chi connectivity index (χ2n) is 4.86. The quantitative estimate of drug-likeness (QED) is 0.928. The molecule has 1 N–H and O–H groups in total. The molecule has 6 heteroatoms. The van der Waals surface area contributed by atoms with E-state index in [2.05, 4.69) is 4.72 Å². The fourth-order valence-electron chi connectivity index (χ4n) is 2.08. The van der Waals surface area contributed by atoms with Crippen molar-refractivity contribution < 1.29 is 13.2 Å². The van der Waals surface area contributed by atoms with Crippen LogP contribution >= 0.6 is 0 Å². The monoisotopic (exact) mass is 294 g/mol. The maximum absolute atomic E-state index is 11.8. The summed E-state index contributed by atoms with van der Waals surface area (Å²) in [6, 6.07) is 6.91. The van der Waals surface area contributed by atoms with E-state index in [4.69, 9.17) is 0 Å². The summed E-state index contributed by atoms with van der Waals surface area (Å²) in [5.41, 5.74) is 1.83. The Bertz CT molecular complexity index is 617. The lowest BCUT2D eigenvalue weighted by atomic mass is 10.1. The predicted molar refractivity (Wildman–Crippen MR) is 78.5 cm³/mol. The first-order valence-electron chi connectivity index (χ1n) is 6.53. The number of benzene rings is 1. The van der Waals surface area contributed by atoms with Gasteiger partial charge in [-0.05, 0) is 31.4 Å². The summed E-state index contributed by atoms with van der Waals surface area (Å²) < 4.78 is 25.7. The largest absolute Gasteiger partial charge is 0.331 e. The molecule has 0 bridgehead atoms. The number of carbonyl (C=O) groups is 1. The van der Waals surface area contributed by atoms with Crippen LogP contribution in [0.5, 0.6) is 0 Å². The Kier molecular flexibility index (Phi) is 4.44. The van der Waals surface area contributed by atoms with Gasteiger partial charge in [-0.15, -0.1) is 0 Å². The summed E-state index contributed by atoms with van der Waals surface area (Å²) >= 11 is 0. The van der Waals surface area contributed by atoms with Gasteiger partial charge < -0.3 is 4.90 Å². The van der Waals surface area contributed by atoms with Gasteiger partial charge in [-0.1, -0.05) is 29.8 Å². The average molecular weight is 294 g/mol. The maximum atomic E-state index is 11.8. The van der Waals surface area contributed by atoms with Crippen molar-refractivity contribution in [1.82, 2.24) is 9.62 Å². The Morgan fingerprint density at radius 3 is 2.65 bits per heavy atom. The van der Waals surface area contributed by atoms with Crippen molar-refractivity contribution in [3.63, 3.8) is 0 Å². The van der Waals surface area contributed by atoms with Crippen molar-refractivity contribution in [3.05, 3.63) is 40.8 Å². The highest BCUT2D eigenvalue weighted by Gasteiger charge is 2.21. The van der Waals surface area contributed by atoms with E-state index in [0.717, 1.165) is 29.4 Å². The molecular formula is C14H18N2O3S. The Hall–Kier alpha value is -1.82. The molecule has 1 saturated heterocycles. The third-order valence-corrected chi connectivity index (χ3v) is 4.06. The van der Waals surface area contributed by atoms with Gasteiger partial charge >= 0.3 is 6.03 Å². The normalized spacial score (nSPS) is 15.8. The number of amides is 2. The van der Waals surface area contributed by atoms with Crippen molar-refractivity contribution in [2.75, 3.05) is 13.1 Å². The van der Waals surface area contributed by atoms with Crippen LogP contribution in [0.4, 0.5) is 4.79 Å². The molecule has 0 saturated carbocycles. The van der Waals surface area contributed by atoms with Crippen LogP contribution < -0.4 is 4.72 Å². The van der Waals surface area contributed by atoms with E-state index in [-0.39, 0.29) is 0 Å². The molecule has 0 unspecified atom stereocenters. The van der Waals surface area contributed by atoms with E-state index >= 15 is 0 Å². The molecule has 2 amide bonds. The highest BCUT2D eigenvalue weighted by molar-refractivity contribution is 7.93. The minimum atomic E-state index is -3.75. The first kappa shape index (κ1) is 14.6. The van der Waals surface area contributed by atoms with E-state index < -0.39 is 16.1 Å². The maximum Gasteiger partial charge on any atom is 0.331 e. The van der Waals surface area contributed by atoms with Crippen molar-refractivity contribution in [2.24, 2.45) is 0 Å². The molecule has 5 nitrogen and oxygen atoms in total. The van der Waals surface area contributed by atoms with E-state index in [1.165, 1.54) is 11.0 Å². The SMILES string of the molecule is Cc1cccc(C=CS(=O)(=O)NC(=O)N2CCCC2)c1. The lowest BCUT2D eigenvalue weighted by Gasteiger charge is -2.14. The zero-order valence-corrected chi connectivity index (χ0v) is 12.2.